The average Bonchev–Trinajstić information content (AvgIpc) is 2.83. The van der Waals surface area contributed by atoms with Crippen molar-refractivity contribution < 1.29 is 0 Å². The molecule has 6 unspecified atom stereocenters. The first-order valence-electron chi connectivity index (χ1n) is 7.63. The molecule has 98 valence electrons. The van der Waals surface area contributed by atoms with Gasteiger partial charge in [-0.15, -0.1) is 0 Å². The highest BCUT2D eigenvalue weighted by Gasteiger charge is 2.45. The van der Waals surface area contributed by atoms with Crippen molar-refractivity contribution >= 4 is 0 Å². The Morgan fingerprint density at radius 2 is 1.88 bits per heavy atom. The minimum Gasteiger partial charge on any atom is -0.316 e. The molecular weight excluding hydrogens is 208 g/mol. The van der Waals surface area contributed by atoms with E-state index in [1.54, 1.807) is 0 Å². The number of hydrogen-bond acceptors (Lipinski definition) is 2. The van der Waals surface area contributed by atoms with Crippen molar-refractivity contribution in [3.8, 4) is 0 Å². The van der Waals surface area contributed by atoms with E-state index in [9.17, 15) is 0 Å². The Bertz CT molecular complexity index is 278. The highest BCUT2D eigenvalue weighted by atomic mass is 15.2. The lowest BCUT2D eigenvalue weighted by molar-refractivity contribution is 0.0786. The molecule has 3 fully saturated rings. The molecule has 0 aromatic heterocycles. The highest BCUT2D eigenvalue weighted by Crippen LogP contribution is 2.40. The molecule has 2 aliphatic heterocycles. The fourth-order valence-electron chi connectivity index (χ4n) is 4.78. The Morgan fingerprint density at radius 3 is 2.59 bits per heavy atom. The number of hydrogen-bond donors (Lipinski definition) is 1. The van der Waals surface area contributed by atoms with Crippen LogP contribution in [0.3, 0.4) is 0 Å². The molecule has 2 heteroatoms. The SMILES string of the molecule is CC1CCC(N2CC3CNCC3C2C)C(C)C1. The number of fused-ring (bicyclic) bond motifs is 1. The first-order valence-corrected chi connectivity index (χ1v) is 7.63. The van der Waals surface area contributed by atoms with Crippen LogP contribution < -0.4 is 5.32 Å². The van der Waals surface area contributed by atoms with E-state index in [0.29, 0.717) is 0 Å². The van der Waals surface area contributed by atoms with Gasteiger partial charge in [-0.2, -0.15) is 0 Å². The summed E-state index contributed by atoms with van der Waals surface area (Å²) in [7, 11) is 0. The standard InChI is InChI=1S/C15H28N2/c1-10-4-5-15(11(2)6-10)17-9-13-7-16-8-14(13)12(17)3/h10-16H,4-9H2,1-3H3. The molecule has 2 heterocycles. The summed E-state index contributed by atoms with van der Waals surface area (Å²) >= 11 is 0. The Morgan fingerprint density at radius 1 is 1.06 bits per heavy atom. The zero-order valence-electron chi connectivity index (χ0n) is 11.7. The van der Waals surface area contributed by atoms with Crippen LogP contribution in [0.2, 0.25) is 0 Å². The first-order chi connectivity index (χ1) is 8.16. The van der Waals surface area contributed by atoms with Crippen molar-refractivity contribution in [3.63, 3.8) is 0 Å². The van der Waals surface area contributed by atoms with Crippen molar-refractivity contribution in [1.29, 1.82) is 0 Å². The van der Waals surface area contributed by atoms with E-state index in [1.165, 1.54) is 38.9 Å². The van der Waals surface area contributed by atoms with Gasteiger partial charge in [-0.25, -0.2) is 0 Å². The lowest BCUT2D eigenvalue weighted by Crippen LogP contribution is -2.46. The van der Waals surface area contributed by atoms with Crippen molar-refractivity contribution in [2.24, 2.45) is 23.7 Å². The Balaban J connectivity index is 1.68. The molecule has 0 bridgehead atoms. The topological polar surface area (TPSA) is 15.3 Å². The van der Waals surface area contributed by atoms with E-state index in [0.717, 1.165) is 35.8 Å². The van der Waals surface area contributed by atoms with Crippen LogP contribution in [0.1, 0.15) is 40.0 Å². The van der Waals surface area contributed by atoms with Gasteiger partial charge in [0.05, 0.1) is 0 Å². The second kappa shape index (κ2) is 4.55. The number of rotatable bonds is 1. The third kappa shape index (κ3) is 2.04. The molecular formula is C15H28N2. The maximum atomic E-state index is 3.57. The summed E-state index contributed by atoms with van der Waals surface area (Å²) in [5.41, 5.74) is 0. The predicted molar refractivity (Wildman–Crippen MR) is 72.0 cm³/mol. The molecule has 0 aromatic rings. The normalized spacial score (nSPS) is 51.7. The zero-order valence-corrected chi connectivity index (χ0v) is 11.7. The van der Waals surface area contributed by atoms with Gasteiger partial charge in [0.2, 0.25) is 0 Å². The second-order valence-electron chi connectivity index (χ2n) is 6.98. The lowest BCUT2D eigenvalue weighted by atomic mass is 9.79. The van der Waals surface area contributed by atoms with Gasteiger partial charge >= 0.3 is 0 Å². The van der Waals surface area contributed by atoms with Gasteiger partial charge in [-0.05, 0) is 62.9 Å². The Kier molecular flexibility index (Phi) is 3.20. The van der Waals surface area contributed by atoms with E-state index in [4.69, 9.17) is 0 Å². The van der Waals surface area contributed by atoms with Gasteiger partial charge in [0, 0.05) is 18.6 Å². The minimum absolute atomic E-state index is 0.816. The summed E-state index contributed by atoms with van der Waals surface area (Å²) in [6.07, 6.45) is 4.34. The third-order valence-corrected chi connectivity index (χ3v) is 5.79. The molecule has 1 aliphatic carbocycles. The van der Waals surface area contributed by atoms with Crippen LogP contribution >= 0.6 is 0 Å². The molecule has 1 saturated carbocycles. The van der Waals surface area contributed by atoms with E-state index in [1.807, 2.05) is 0 Å². The molecule has 6 atom stereocenters. The molecule has 3 aliphatic rings. The fourth-order valence-corrected chi connectivity index (χ4v) is 4.78. The van der Waals surface area contributed by atoms with Crippen LogP contribution in [0.5, 0.6) is 0 Å². The summed E-state index contributed by atoms with van der Waals surface area (Å²) in [5.74, 6) is 3.74. The van der Waals surface area contributed by atoms with Gasteiger partial charge in [-0.3, -0.25) is 4.90 Å². The lowest BCUT2D eigenvalue weighted by Gasteiger charge is -2.41. The van der Waals surface area contributed by atoms with E-state index in [2.05, 4.69) is 31.0 Å². The average molecular weight is 236 g/mol. The van der Waals surface area contributed by atoms with Crippen LogP contribution in [0.15, 0.2) is 0 Å². The fraction of sp³-hybridized carbons (Fsp3) is 1.00. The quantitative estimate of drug-likeness (QED) is 0.752. The molecule has 0 spiro atoms. The molecule has 17 heavy (non-hydrogen) atoms. The summed E-state index contributed by atoms with van der Waals surface area (Å²) in [6.45, 7) is 11.3. The van der Waals surface area contributed by atoms with Crippen molar-refractivity contribution in [2.75, 3.05) is 19.6 Å². The van der Waals surface area contributed by atoms with E-state index in [-0.39, 0.29) is 0 Å². The van der Waals surface area contributed by atoms with Gasteiger partial charge in [-0.1, -0.05) is 13.8 Å². The number of nitrogens with zero attached hydrogens (tertiary/aromatic N) is 1. The Labute approximate surface area is 106 Å². The van der Waals surface area contributed by atoms with E-state index >= 15 is 0 Å². The van der Waals surface area contributed by atoms with Crippen LogP contribution in [0.25, 0.3) is 0 Å². The van der Waals surface area contributed by atoms with Crippen LogP contribution in [0, 0.1) is 23.7 Å². The Hall–Kier alpha value is -0.0800. The maximum absolute atomic E-state index is 3.57. The molecule has 0 aromatic carbocycles. The molecule has 2 saturated heterocycles. The van der Waals surface area contributed by atoms with E-state index < -0.39 is 0 Å². The highest BCUT2D eigenvalue weighted by molar-refractivity contribution is 5.00. The predicted octanol–water partition coefficient (Wildman–Crippen LogP) is 2.35. The zero-order chi connectivity index (χ0) is 12.0. The summed E-state index contributed by atoms with van der Waals surface area (Å²) in [4.78, 5) is 2.87. The number of likely N-dealkylation sites (tertiary alicyclic amines) is 1. The maximum Gasteiger partial charge on any atom is 0.0124 e. The van der Waals surface area contributed by atoms with Crippen LogP contribution in [0.4, 0.5) is 0 Å². The molecule has 1 N–H and O–H groups in total. The van der Waals surface area contributed by atoms with Gasteiger partial charge in [0.25, 0.3) is 0 Å². The van der Waals surface area contributed by atoms with Crippen LogP contribution in [-0.4, -0.2) is 36.6 Å². The monoisotopic (exact) mass is 236 g/mol. The van der Waals surface area contributed by atoms with Crippen molar-refractivity contribution in [1.82, 2.24) is 10.2 Å². The first kappa shape index (κ1) is 12.0. The summed E-state index contributed by atoms with van der Waals surface area (Å²) in [6, 6.07) is 1.70. The minimum atomic E-state index is 0.816. The van der Waals surface area contributed by atoms with Crippen molar-refractivity contribution in [3.05, 3.63) is 0 Å². The van der Waals surface area contributed by atoms with Gasteiger partial charge in [0.15, 0.2) is 0 Å². The summed E-state index contributed by atoms with van der Waals surface area (Å²) in [5, 5.41) is 3.57. The third-order valence-electron chi connectivity index (χ3n) is 5.79. The van der Waals surface area contributed by atoms with Gasteiger partial charge in [0.1, 0.15) is 0 Å². The smallest absolute Gasteiger partial charge is 0.0124 e. The van der Waals surface area contributed by atoms with Crippen molar-refractivity contribution in [2.45, 2.75) is 52.1 Å². The second-order valence-corrected chi connectivity index (χ2v) is 6.98. The molecule has 2 nitrogen and oxygen atoms in total. The number of nitrogens with one attached hydrogen (secondary N) is 1. The summed E-state index contributed by atoms with van der Waals surface area (Å²) < 4.78 is 0. The van der Waals surface area contributed by atoms with Gasteiger partial charge < -0.3 is 5.32 Å². The molecule has 0 radical (unpaired) electrons. The molecule has 0 amide bonds. The molecule has 3 rings (SSSR count). The van der Waals surface area contributed by atoms with Crippen LogP contribution in [-0.2, 0) is 0 Å². The largest absolute Gasteiger partial charge is 0.316 e.